The van der Waals surface area contributed by atoms with Crippen LogP contribution in [0.5, 0.6) is 0 Å². The molecule has 1 heterocycles. The molecule has 0 aliphatic carbocycles. The van der Waals surface area contributed by atoms with Crippen LogP contribution < -0.4 is 0 Å². The Labute approximate surface area is 159 Å². The molecule has 0 N–H and O–H groups in total. The molecule has 25 heavy (non-hydrogen) atoms. The highest BCUT2D eigenvalue weighted by Gasteiger charge is 2.22. The average molecular weight is 372 g/mol. The summed E-state index contributed by atoms with van der Waals surface area (Å²) >= 11 is 3.71. The maximum atomic E-state index is 12.5. The molecule has 2 nitrogen and oxygen atoms in total. The molecule has 1 aliphatic rings. The Hall–Kier alpha value is -1.39. The van der Waals surface area contributed by atoms with Crippen molar-refractivity contribution in [3.63, 3.8) is 0 Å². The molecule has 2 aromatic carbocycles. The van der Waals surface area contributed by atoms with Crippen molar-refractivity contribution in [2.24, 2.45) is 0 Å². The molecule has 0 aromatic heterocycles. The number of aryl methyl sites for hydroxylation is 1. The predicted molar refractivity (Wildman–Crippen MR) is 110 cm³/mol. The second-order valence-electron chi connectivity index (χ2n) is 6.36. The summed E-state index contributed by atoms with van der Waals surface area (Å²) in [6, 6.07) is 19.0. The maximum Gasteiger partial charge on any atom is 0.232 e. The molecule has 132 valence electrons. The number of rotatable bonds is 5. The molecule has 0 spiro atoms. The van der Waals surface area contributed by atoms with Gasteiger partial charge in [-0.15, -0.1) is 11.8 Å². The lowest BCUT2D eigenvalue weighted by Gasteiger charge is -2.20. The first-order chi connectivity index (χ1) is 12.2. The topological polar surface area (TPSA) is 20.3 Å². The van der Waals surface area contributed by atoms with E-state index in [0.29, 0.717) is 11.0 Å². The summed E-state index contributed by atoms with van der Waals surface area (Å²) in [4.78, 5) is 14.6. The summed E-state index contributed by atoms with van der Waals surface area (Å²) in [5.41, 5.74) is 4.07. The Kier molecular flexibility index (Phi) is 6.88. The van der Waals surface area contributed by atoms with Crippen LogP contribution in [0.25, 0.3) is 0 Å². The molecule has 1 aliphatic heterocycles. The molecule has 1 amide bonds. The van der Waals surface area contributed by atoms with Gasteiger partial charge in [-0.05, 0) is 30.0 Å². The van der Waals surface area contributed by atoms with Gasteiger partial charge < -0.3 is 4.90 Å². The van der Waals surface area contributed by atoms with E-state index in [-0.39, 0.29) is 5.91 Å². The summed E-state index contributed by atoms with van der Waals surface area (Å²) in [7, 11) is 0. The van der Waals surface area contributed by atoms with E-state index in [1.165, 1.54) is 16.7 Å². The zero-order chi connectivity index (χ0) is 17.5. The van der Waals surface area contributed by atoms with Gasteiger partial charge in [0.25, 0.3) is 0 Å². The van der Waals surface area contributed by atoms with Crippen LogP contribution in [0.3, 0.4) is 0 Å². The van der Waals surface area contributed by atoms with Crippen molar-refractivity contribution in [2.75, 3.05) is 24.6 Å². The number of carbonyl (C=O) groups is 1. The fourth-order valence-corrected chi connectivity index (χ4v) is 5.35. The second-order valence-corrected chi connectivity index (χ2v) is 8.66. The lowest BCUT2D eigenvalue weighted by Crippen LogP contribution is -2.34. The Morgan fingerprint density at radius 1 is 1.12 bits per heavy atom. The van der Waals surface area contributed by atoms with Crippen molar-refractivity contribution in [1.82, 2.24) is 4.90 Å². The molecule has 0 saturated carbocycles. The molecule has 0 bridgehead atoms. The number of benzene rings is 2. The summed E-state index contributed by atoms with van der Waals surface area (Å²) in [6.45, 7) is 3.93. The molecule has 1 fully saturated rings. The highest BCUT2D eigenvalue weighted by molar-refractivity contribution is 7.99. The summed E-state index contributed by atoms with van der Waals surface area (Å²) in [5.74, 6) is 2.79. The minimum atomic E-state index is 0.284. The minimum Gasteiger partial charge on any atom is -0.341 e. The van der Waals surface area contributed by atoms with Gasteiger partial charge in [0.2, 0.25) is 5.91 Å². The number of nitrogens with zero attached hydrogens (tertiary/aromatic N) is 1. The third-order valence-corrected chi connectivity index (χ3v) is 6.87. The van der Waals surface area contributed by atoms with E-state index in [2.05, 4.69) is 60.4 Å². The number of amides is 1. The lowest BCUT2D eigenvalue weighted by molar-refractivity contribution is -0.128. The summed E-state index contributed by atoms with van der Waals surface area (Å²) in [5, 5.41) is 0.510. The van der Waals surface area contributed by atoms with Gasteiger partial charge in [-0.25, -0.2) is 0 Å². The second kappa shape index (κ2) is 9.35. The van der Waals surface area contributed by atoms with E-state index >= 15 is 0 Å². The van der Waals surface area contributed by atoms with Crippen LogP contribution in [0.15, 0.2) is 54.6 Å². The highest BCUT2D eigenvalue weighted by Crippen LogP contribution is 2.36. The van der Waals surface area contributed by atoms with Gasteiger partial charge in [0.1, 0.15) is 0 Å². The van der Waals surface area contributed by atoms with E-state index in [1.807, 2.05) is 17.8 Å². The van der Waals surface area contributed by atoms with Gasteiger partial charge in [-0.1, -0.05) is 54.6 Å². The van der Waals surface area contributed by atoms with E-state index in [9.17, 15) is 4.79 Å². The van der Waals surface area contributed by atoms with Crippen molar-refractivity contribution in [3.05, 3.63) is 71.3 Å². The van der Waals surface area contributed by atoms with Crippen LogP contribution in [0.2, 0.25) is 0 Å². The number of thioether (sulfide) groups is 2. The first-order valence-electron chi connectivity index (χ1n) is 8.80. The molecule has 1 unspecified atom stereocenters. The quantitative estimate of drug-likeness (QED) is 0.743. The van der Waals surface area contributed by atoms with Crippen LogP contribution in [0.1, 0.15) is 28.4 Å². The van der Waals surface area contributed by atoms with E-state index in [1.54, 1.807) is 11.8 Å². The molecule has 0 radical (unpaired) electrons. The predicted octanol–water partition coefficient (Wildman–Crippen LogP) is 4.94. The van der Waals surface area contributed by atoms with E-state index in [4.69, 9.17) is 0 Å². The van der Waals surface area contributed by atoms with Gasteiger partial charge in [0.15, 0.2) is 0 Å². The van der Waals surface area contributed by atoms with Crippen molar-refractivity contribution in [2.45, 2.75) is 24.3 Å². The SMILES string of the molecule is Cc1ccccc1C1CCN(C(=O)CSCc2ccccc2)CCS1. The van der Waals surface area contributed by atoms with Crippen LogP contribution in [-0.2, 0) is 10.5 Å². The van der Waals surface area contributed by atoms with Crippen LogP contribution in [0, 0.1) is 6.92 Å². The molecule has 4 heteroatoms. The first-order valence-corrected chi connectivity index (χ1v) is 11.0. The zero-order valence-corrected chi connectivity index (χ0v) is 16.3. The van der Waals surface area contributed by atoms with Gasteiger partial charge in [-0.3, -0.25) is 4.79 Å². The first kappa shape index (κ1) is 18.4. The van der Waals surface area contributed by atoms with Gasteiger partial charge >= 0.3 is 0 Å². The van der Waals surface area contributed by atoms with E-state index < -0.39 is 0 Å². The Morgan fingerprint density at radius 2 is 1.88 bits per heavy atom. The van der Waals surface area contributed by atoms with Crippen molar-refractivity contribution >= 4 is 29.4 Å². The van der Waals surface area contributed by atoms with Gasteiger partial charge in [-0.2, -0.15) is 11.8 Å². The Bertz CT molecular complexity index is 689. The summed E-state index contributed by atoms with van der Waals surface area (Å²) < 4.78 is 0. The molecule has 1 atom stereocenters. The monoisotopic (exact) mass is 371 g/mol. The number of carbonyl (C=O) groups excluding carboxylic acids is 1. The van der Waals surface area contributed by atoms with Crippen molar-refractivity contribution in [3.8, 4) is 0 Å². The fourth-order valence-electron chi connectivity index (χ4n) is 3.14. The largest absolute Gasteiger partial charge is 0.341 e. The molecule has 2 aromatic rings. The van der Waals surface area contributed by atoms with Crippen LogP contribution >= 0.6 is 23.5 Å². The zero-order valence-electron chi connectivity index (χ0n) is 14.7. The average Bonchev–Trinajstić information content (AvgIpc) is 2.89. The third kappa shape index (κ3) is 5.29. The van der Waals surface area contributed by atoms with Crippen LogP contribution in [0.4, 0.5) is 0 Å². The third-order valence-electron chi connectivity index (χ3n) is 4.57. The molecule has 1 saturated heterocycles. The summed E-state index contributed by atoms with van der Waals surface area (Å²) in [6.07, 6.45) is 1.05. The molecular formula is C21H25NOS2. The van der Waals surface area contributed by atoms with Crippen molar-refractivity contribution in [1.29, 1.82) is 0 Å². The molecular weight excluding hydrogens is 346 g/mol. The standard InChI is InChI=1S/C21H25NOS2/c1-17-7-5-6-10-19(17)20-11-12-22(13-14-25-20)21(23)16-24-15-18-8-3-2-4-9-18/h2-10,20H,11-16H2,1H3. The number of hydrogen-bond donors (Lipinski definition) is 0. The Morgan fingerprint density at radius 3 is 2.68 bits per heavy atom. The van der Waals surface area contributed by atoms with Crippen molar-refractivity contribution < 1.29 is 4.79 Å². The normalized spacial score (nSPS) is 18.0. The lowest BCUT2D eigenvalue weighted by atomic mass is 10.0. The van der Waals surface area contributed by atoms with Gasteiger partial charge in [0.05, 0.1) is 5.75 Å². The Balaban J connectivity index is 1.49. The van der Waals surface area contributed by atoms with Crippen LogP contribution in [-0.4, -0.2) is 35.4 Å². The number of hydrogen-bond acceptors (Lipinski definition) is 3. The fraction of sp³-hybridized carbons (Fsp3) is 0.381. The minimum absolute atomic E-state index is 0.284. The molecule has 3 rings (SSSR count). The maximum absolute atomic E-state index is 12.5. The highest BCUT2D eigenvalue weighted by atomic mass is 32.2. The van der Waals surface area contributed by atoms with E-state index in [0.717, 1.165) is 31.0 Å². The smallest absolute Gasteiger partial charge is 0.232 e. The van der Waals surface area contributed by atoms with Gasteiger partial charge in [0, 0.05) is 29.8 Å².